The molecule has 6 nitrogen and oxygen atoms in total. The van der Waals surface area contributed by atoms with Crippen molar-refractivity contribution >= 4 is 91.3 Å². The molecule has 72 valence electrons. The molecule has 0 aliphatic carbocycles. The van der Waals surface area contributed by atoms with Crippen molar-refractivity contribution in [2.75, 3.05) is 0 Å². The Hall–Kier alpha value is 0.205. The topological polar surface area (TPSA) is 102 Å². The summed E-state index contributed by atoms with van der Waals surface area (Å²) in [6.45, 7) is 0. The van der Waals surface area contributed by atoms with Crippen molar-refractivity contribution in [1.29, 1.82) is 0 Å². The Kier molecular flexibility index (Phi) is 17.6. The van der Waals surface area contributed by atoms with Gasteiger partial charge in [0, 0.05) is 0 Å². The van der Waals surface area contributed by atoms with Gasteiger partial charge in [0.05, 0.1) is 0 Å². The van der Waals surface area contributed by atoms with Gasteiger partial charge in [-0.2, -0.15) is 0 Å². The van der Waals surface area contributed by atoms with Gasteiger partial charge in [0.2, 0.25) is 0 Å². The van der Waals surface area contributed by atoms with Crippen molar-refractivity contribution in [1.82, 2.24) is 0 Å². The van der Waals surface area contributed by atoms with Gasteiger partial charge in [-0.25, -0.2) is 0 Å². The molecule has 0 saturated carbocycles. The molecule has 0 radical (unpaired) electrons. The number of rotatable bonds is 4. The fourth-order valence-corrected chi connectivity index (χ4v) is 6.42. The molecule has 0 unspecified atom stereocenters. The predicted molar refractivity (Wildman–Crippen MR) is 56.6 cm³/mol. The van der Waals surface area contributed by atoms with Crippen LogP contribution in [0.15, 0.2) is 0 Å². The summed E-state index contributed by atoms with van der Waals surface area (Å²) in [5, 5.41) is 0. The zero-order valence-electron chi connectivity index (χ0n) is 7.76. The molecular formula is C6Ga4O6. The fourth-order valence-electron chi connectivity index (χ4n) is 0.316. The van der Waals surface area contributed by atoms with Crippen LogP contribution in [0.5, 0.6) is 0 Å². The van der Waals surface area contributed by atoms with Crippen molar-refractivity contribution in [2.45, 2.75) is 0 Å². The first-order valence-corrected chi connectivity index (χ1v) is 13.2. The minimum atomic E-state index is -1.44. The van der Waals surface area contributed by atoms with E-state index in [1.807, 2.05) is 0 Å². The number of carbonyl (C=O) groups is 2. The summed E-state index contributed by atoms with van der Waals surface area (Å²) < 4.78 is 6.03. The summed E-state index contributed by atoms with van der Waals surface area (Å²) in [4.78, 5) is 58.5. The van der Waals surface area contributed by atoms with Crippen LogP contribution in [0.25, 0.3) is 0 Å². The maximum absolute atomic E-state index is 10.3. The average Bonchev–Trinajstić information content (AvgIpc) is 2.20. The maximum atomic E-state index is 10.3. The van der Waals surface area contributed by atoms with Gasteiger partial charge in [-0.05, 0) is 0 Å². The molecule has 0 saturated heterocycles. The van der Waals surface area contributed by atoms with E-state index in [1.54, 1.807) is 17.7 Å². The average molecular weight is 447 g/mol. The number of hydrogen-bond donors (Lipinski definition) is 0. The second kappa shape index (κ2) is 15.2. The Balaban J connectivity index is 0. The minimum absolute atomic E-state index is 0.123. The van der Waals surface area contributed by atoms with Crippen LogP contribution in [0.1, 0.15) is 0 Å². The van der Waals surface area contributed by atoms with Gasteiger partial charge in [-0.15, -0.1) is 0 Å². The van der Waals surface area contributed by atoms with Gasteiger partial charge in [0.1, 0.15) is 0 Å². The molecule has 0 rings (SSSR count). The van der Waals surface area contributed by atoms with Crippen LogP contribution >= 0.6 is 0 Å². The number of hydrogen-bond acceptors (Lipinski definition) is 6. The van der Waals surface area contributed by atoms with Crippen molar-refractivity contribution in [3.05, 3.63) is 0 Å². The monoisotopic (exact) mass is 444 g/mol. The molecule has 10 heteroatoms. The Morgan fingerprint density at radius 1 is 0.562 bits per heavy atom. The molecule has 0 heterocycles. The molecular weight excluding hydrogens is 447 g/mol. The van der Waals surface area contributed by atoms with Crippen LogP contribution in [-0.2, 0) is 19.2 Å². The van der Waals surface area contributed by atoms with E-state index in [1.165, 1.54) is 0 Å². The first-order valence-electron chi connectivity index (χ1n) is 3.53. The molecule has 0 N–H and O–H groups in total. The summed E-state index contributed by atoms with van der Waals surface area (Å²) in [6.07, 6.45) is 0. The molecule has 0 aliphatic heterocycles. The Morgan fingerprint density at radius 3 is 0.875 bits per heavy atom. The Morgan fingerprint density at radius 2 is 0.750 bits per heavy atom. The van der Waals surface area contributed by atoms with Crippen LogP contribution < -0.4 is 0 Å². The van der Waals surface area contributed by atoms with Crippen molar-refractivity contribution in [3.63, 3.8) is 0 Å². The van der Waals surface area contributed by atoms with Crippen LogP contribution in [0.3, 0.4) is 0 Å². The van der Waals surface area contributed by atoms with Gasteiger partial charge in [0.25, 0.3) is 0 Å². The van der Waals surface area contributed by atoms with Crippen molar-refractivity contribution in [2.24, 2.45) is 0 Å². The van der Waals surface area contributed by atoms with Gasteiger partial charge in [-0.3, -0.25) is 0 Å². The zero-order chi connectivity index (χ0) is 12.8. The third kappa shape index (κ3) is 16.6. The third-order valence-corrected chi connectivity index (χ3v) is 11.4. The molecule has 0 aliphatic rings. The Bertz CT molecular complexity index is 373. The van der Waals surface area contributed by atoms with E-state index < -0.39 is 67.8 Å². The molecule has 0 fully saturated rings. The summed E-state index contributed by atoms with van der Waals surface area (Å²) in [5.41, 5.74) is 0. The SMILES string of the molecule is O=[C]=[Ga][C](=O)[Ga]=[C]=O.O=[C]=[Ga][C](=O)[Ga]=[C]=O. The Labute approximate surface area is 119 Å². The molecule has 0 aromatic heterocycles. The first-order chi connectivity index (χ1) is 7.62. The van der Waals surface area contributed by atoms with E-state index in [-0.39, 0.29) is 5.78 Å². The van der Waals surface area contributed by atoms with Crippen LogP contribution in [0.4, 0.5) is 9.59 Å². The second-order valence-electron chi connectivity index (χ2n) is 1.85. The van der Waals surface area contributed by atoms with Crippen LogP contribution in [0.2, 0.25) is 0 Å². The number of carbonyl (C=O) groups excluding carboxylic acids is 6. The first kappa shape index (κ1) is 18.6. The van der Waals surface area contributed by atoms with Crippen LogP contribution in [0, 0.1) is 0 Å². The summed E-state index contributed by atoms with van der Waals surface area (Å²) in [6, 6.07) is 0. The summed E-state index contributed by atoms with van der Waals surface area (Å²) in [7, 11) is 0. The van der Waals surface area contributed by atoms with E-state index >= 15 is 0 Å². The molecule has 0 amide bonds. The van der Waals surface area contributed by atoms with Gasteiger partial charge in [0.15, 0.2) is 0 Å². The second-order valence-corrected chi connectivity index (χ2v) is 16.9. The predicted octanol–water partition coefficient (Wildman–Crippen LogP) is -2.70. The summed E-state index contributed by atoms with van der Waals surface area (Å²) >= 11 is -5.75. The normalized spacial score (nSPS) is 5.00. The van der Waals surface area contributed by atoms with Gasteiger partial charge < -0.3 is 0 Å². The van der Waals surface area contributed by atoms with E-state index in [0.717, 1.165) is 0 Å². The van der Waals surface area contributed by atoms with E-state index in [0.29, 0.717) is 0 Å². The molecule has 0 bridgehead atoms. The van der Waals surface area contributed by atoms with E-state index in [9.17, 15) is 28.8 Å². The third-order valence-electron chi connectivity index (χ3n) is 0.805. The zero-order valence-corrected chi connectivity index (χ0v) is 17.4. The molecule has 0 spiro atoms. The van der Waals surface area contributed by atoms with E-state index in [4.69, 9.17) is 0 Å². The fraction of sp³-hybridized carbons (Fsp3) is 0. The quantitative estimate of drug-likeness (QED) is 0.435. The molecule has 0 aromatic rings. The van der Waals surface area contributed by atoms with Gasteiger partial charge >= 0.3 is 120 Å². The summed E-state index contributed by atoms with van der Waals surface area (Å²) in [5.74, 6) is 0. The van der Waals surface area contributed by atoms with E-state index in [2.05, 4.69) is 0 Å². The van der Waals surface area contributed by atoms with Crippen molar-refractivity contribution in [3.8, 4) is 0 Å². The molecule has 0 atom stereocenters. The van der Waals surface area contributed by atoms with Crippen LogP contribution in [-0.4, -0.2) is 91.3 Å². The van der Waals surface area contributed by atoms with Crippen molar-refractivity contribution < 1.29 is 28.8 Å². The standard InChI is InChI=1S/6CO.4Ga/c6*1-2;;;;. The van der Waals surface area contributed by atoms with Gasteiger partial charge in [-0.1, -0.05) is 0 Å². The molecule has 0 aromatic carbocycles. The molecule has 16 heavy (non-hydrogen) atoms.